The summed E-state index contributed by atoms with van der Waals surface area (Å²) in [4.78, 5) is 23.4. The van der Waals surface area contributed by atoms with Crippen LogP contribution in [0.1, 0.15) is 47.0 Å². The lowest BCUT2D eigenvalue weighted by molar-refractivity contribution is -0.902. The van der Waals surface area contributed by atoms with E-state index < -0.39 is 23.0 Å². The van der Waals surface area contributed by atoms with E-state index in [0.717, 1.165) is 11.1 Å². The molecule has 1 aliphatic carbocycles. The van der Waals surface area contributed by atoms with Gasteiger partial charge in [0, 0.05) is 12.8 Å². The van der Waals surface area contributed by atoms with Gasteiger partial charge in [-0.3, -0.25) is 4.79 Å². The predicted octanol–water partition coefficient (Wildman–Crippen LogP) is 3.42. The molecular weight excluding hydrogens is 282 g/mol. The van der Waals surface area contributed by atoms with E-state index >= 15 is 0 Å². The lowest BCUT2D eigenvalue weighted by atomic mass is 9.77. The summed E-state index contributed by atoms with van der Waals surface area (Å²) in [5.41, 5.74) is 0.881. The molecule has 2 aliphatic rings. The number of carboxylic acid groups (broad SMARTS) is 2. The van der Waals surface area contributed by atoms with Gasteiger partial charge in [0.25, 0.3) is 0 Å². The Morgan fingerprint density at radius 1 is 1.14 bits per heavy atom. The number of hydrogen-bond acceptors (Lipinski definition) is 2. The minimum atomic E-state index is -0.871. The van der Waals surface area contributed by atoms with Crippen molar-refractivity contribution in [2.24, 2.45) is 5.41 Å². The first-order chi connectivity index (χ1) is 10.0. The summed E-state index contributed by atoms with van der Waals surface area (Å²) in [6.45, 7) is 8.65. The quantitative estimate of drug-likeness (QED) is 0.728. The Labute approximate surface area is 131 Å². The minimum Gasteiger partial charge on any atom is -0.481 e. The van der Waals surface area contributed by atoms with Crippen LogP contribution < -0.4 is 0 Å². The van der Waals surface area contributed by atoms with E-state index in [1.807, 2.05) is 32.9 Å². The molecule has 0 saturated carbocycles. The summed E-state index contributed by atoms with van der Waals surface area (Å²) in [6, 6.07) is 0. The molecule has 2 N–H and O–H groups in total. The summed E-state index contributed by atoms with van der Waals surface area (Å²) >= 11 is 0. The van der Waals surface area contributed by atoms with Crippen LogP contribution in [0, 0.1) is 5.41 Å². The molecule has 0 aromatic heterocycles. The van der Waals surface area contributed by atoms with Gasteiger partial charge in [0.05, 0.1) is 18.5 Å². The molecule has 2 rings (SSSR count). The molecule has 0 aromatic carbocycles. The van der Waals surface area contributed by atoms with Crippen molar-refractivity contribution in [1.82, 2.24) is 0 Å². The summed E-state index contributed by atoms with van der Waals surface area (Å²) in [5.74, 6) is -0.825. The number of allylic oxidation sites excluding steroid dienone is 1. The van der Waals surface area contributed by atoms with Gasteiger partial charge in [0.2, 0.25) is 0 Å². The zero-order valence-corrected chi connectivity index (χ0v) is 13.8. The zero-order valence-electron chi connectivity index (χ0n) is 13.8. The first-order valence-corrected chi connectivity index (χ1v) is 7.77. The molecule has 122 valence electrons. The number of likely N-dealkylation sites (tertiary alicyclic amines) is 1. The number of nitrogens with zero attached hydrogens (tertiary/aromatic N) is 1. The van der Waals surface area contributed by atoms with Crippen LogP contribution in [0.3, 0.4) is 0 Å². The summed E-state index contributed by atoms with van der Waals surface area (Å²) < 4.78 is 0.0193. The topological polar surface area (TPSA) is 74.6 Å². The predicted molar refractivity (Wildman–Crippen MR) is 83.5 cm³/mol. The SMILES string of the molecule is CC1(C(=O)O)C=C2CC[N+](C(=O)O)(C(C)(C)C)CCC2=CC1. The van der Waals surface area contributed by atoms with Crippen molar-refractivity contribution in [2.45, 2.75) is 52.5 Å². The van der Waals surface area contributed by atoms with Crippen LogP contribution >= 0.6 is 0 Å². The van der Waals surface area contributed by atoms with Gasteiger partial charge in [-0.05, 0) is 45.3 Å². The molecule has 0 bridgehead atoms. The van der Waals surface area contributed by atoms with Crippen LogP contribution in [0.15, 0.2) is 23.3 Å². The highest BCUT2D eigenvalue weighted by Crippen LogP contribution is 2.40. The van der Waals surface area contributed by atoms with E-state index in [-0.39, 0.29) is 4.48 Å². The van der Waals surface area contributed by atoms with Gasteiger partial charge in [0.1, 0.15) is 5.54 Å². The third-order valence-electron chi connectivity index (χ3n) is 5.34. The highest BCUT2D eigenvalue weighted by atomic mass is 16.4. The van der Waals surface area contributed by atoms with Crippen molar-refractivity contribution in [2.75, 3.05) is 13.1 Å². The number of amides is 1. The summed E-state index contributed by atoms with van der Waals surface area (Å²) in [6.07, 6.45) is 4.81. The molecule has 1 heterocycles. The van der Waals surface area contributed by atoms with E-state index in [4.69, 9.17) is 0 Å². The second-order valence-corrected chi connectivity index (χ2v) is 7.69. The fraction of sp³-hybridized carbons (Fsp3) is 0.647. The van der Waals surface area contributed by atoms with Crippen LogP contribution in [0.25, 0.3) is 0 Å². The van der Waals surface area contributed by atoms with Crippen molar-refractivity contribution in [1.29, 1.82) is 0 Å². The Morgan fingerprint density at radius 2 is 1.68 bits per heavy atom. The Bertz CT molecular complexity index is 570. The number of carbonyl (C=O) groups is 2. The van der Waals surface area contributed by atoms with Crippen LogP contribution in [-0.2, 0) is 4.79 Å². The standard InChI is InChI=1S/C17H25NO4/c1-16(2,3)18(15(21)22)9-6-12-5-8-17(4,14(19)20)11-13(12)7-10-18/h5,11H,6-10H2,1-4H3,(H-,19,20,21,22)/p+1. The largest absolute Gasteiger partial charge is 0.514 e. The van der Waals surface area contributed by atoms with Gasteiger partial charge in [-0.25, -0.2) is 4.48 Å². The average molecular weight is 308 g/mol. The van der Waals surface area contributed by atoms with Gasteiger partial charge >= 0.3 is 12.1 Å². The number of hydrogen-bond donors (Lipinski definition) is 2. The third kappa shape index (κ3) is 2.58. The first-order valence-electron chi connectivity index (χ1n) is 7.77. The maximum absolute atomic E-state index is 12.0. The Kier molecular flexibility index (Phi) is 3.98. The first kappa shape index (κ1) is 16.7. The number of carboxylic acids is 1. The van der Waals surface area contributed by atoms with Crippen molar-refractivity contribution in [3.8, 4) is 0 Å². The van der Waals surface area contributed by atoms with Crippen LogP contribution in [0.2, 0.25) is 0 Å². The van der Waals surface area contributed by atoms with E-state index in [1.165, 1.54) is 0 Å². The van der Waals surface area contributed by atoms with E-state index in [9.17, 15) is 19.8 Å². The molecule has 1 amide bonds. The molecule has 5 nitrogen and oxygen atoms in total. The summed E-state index contributed by atoms with van der Waals surface area (Å²) in [5, 5.41) is 19.2. The smallest absolute Gasteiger partial charge is 0.481 e. The Balaban J connectivity index is 2.38. The monoisotopic (exact) mass is 308 g/mol. The second-order valence-electron chi connectivity index (χ2n) is 7.69. The molecular formula is C17H26NO4+. The fourth-order valence-corrected chi connectivity index (χ4v) is 3.53. The van der Waals surface area contributed by atoms with Crippen LogP contribution in [0.4, 0.5) is 4.79 Å². The molecule has 5 heteroatoms. The molecule has 1 aliphatic heterocycles. The molecule has 2 unspecified atom stereocenters. The normalized spacial score (nSPS) is 32.4. The van der Waals surface area contributed by atoms with Gasteiger partial charge in [-0.2, -0.15) is 4.79 Å². The third-order valence-corrected chi connectivity index (χ3v) is 5.34. The number of fused-ring (bicyclic) bond motifs is 1. The summed E-state index contributed by atoms with van der Waals surface area (Å²) in [7, 11) is 0. The Hall–Kier alpha value is -1.62. The second kappa shape index (κ2) is 5.23. The molecule has 22 heavy (non-hydrogen) atoms. The van der Waals surface area contributed by atoms with Crippen LogP contribution in [0.5, 0.6) is 0 Å². The average Bonchev–Trinajstić information content (AvgIpc) is 2.57. The highest BCUT2D eigenvalue weighted by molar-refractivity contribution is 5.78. The van der Waals surface area contributed by atoms with Crippen molar-refractivity contribution in [3.63, 3.8) is 0 Å². The highest BCUT2D eigenvalue weighted by Gasteiger charge is 2.49. The van der Waals surface area contributed by atoms with Gasteiger partial charge in [0.15, 0.2) is 0 Å². The van der Waals surface area contributed by atoms with E-state index in [1.54, 1.807) is 6.92 Å². The molecule has 0 radical (unpaired) electrons. The van der Waals surface area contributed by atoms with Gasteiger partial charge in [-0.15, -0.1) is 0 Å². The minimum absolute atomic E-state index is 0.0193. The van der Waals surface area contributed by atoms with Crippen molar-refractivity contribution < 1.29 is 24.3 Å². The van der Waals surface area contributed by atoms with Crippen molar-refractivity contribution >= 4 is 12.1 Å². The molecule has 2 atom stereocenters. The molecule has 0 spiro atoms. The van der Waals surface area contributed by atoms with Gasteiger partial charge < -0.3 is 10.2 Å². The van der Waals surface area contributed by atoms with Crippen molar-refractivity contribution in [3.05, 3.63) is 23.3 Å². The zero-order chi connectivity index (χ0) is 16.8. The van der Waals surface area contributed by atoms with E-state index in [0.29, 0.717) is 32.4 Å². The van der Waals surface area contributed by atoms with Gasteiger partial charge in [-0.1, -0.05) is 12.2 Å². The fourth-order valence-electron chi connectivity index (χ4n) is 3.53. The lowest BCUT2D eigenvalue weighted by Gasteiger charge is -2.42. The molecule has 0 aromatic rings. The number of aliphatic carboxylic acids is 1. The number of rotatable bonds is 1. The molecule has 1 fully saturated rings. The number of quaternary nitrogens is 1. The lowest BCUT2D eigenvalue weighted by Crippen LogP contribution is -2.63. The maximum atomic E-state index is 12.0. The Morgan fingerprint density at radius 3 is 2.14 bits per heavy atom. The van der Waals surface area contributed by atoms with E-state index in [2.05, 4.69) is 0 Å². The van der Waals surface area contributed by atoms with Crippen LogP contribution in [-0.4, -0.2) is 45.4 Å². The maximum Gasteiger partial charge on any atom is 0.514 e. The molecule has 1 saturated heterocycles.